The third-order valence-corrected chi connectivity index (χ3v) is 4.13. The second kappa shape index (κ2) is 6.84. The minimum absolute atomic E-state index is 0.109. The molecule has 0 aliphatic rings. The first kappa shape index (κ1) is 16.2. The molecular weight excluding hydrogens is 326 g/mol. The number of carbonyl (C=O) groups excluding carboxylic acids is 1. The first-order chi connectivity index (χ1) is 11.6. The Morgan fingerprint density at radius 2 is 1.88 bits per heavy atom. The second-order valence-corrected chi connectivity index (χ2v) is 5.84. The molecule has 3 aromatic rings. The largest absolute Gasteiger partial charge is 0.325 e. The summed E-state index contributed by atoms with van der Waals surface area (Å²) < 4.78 is 1.49. The van der Waals surface area contributed by atoms with Gasteiger partial charge in [0.2, 0.25) is 5.91 Å². The van der Waals surface area contributed by atoms with Crippen LogP contribution in [0.3, 0.4) is 0 Å². The van der Waals surface area contributed by atoms with Crippen molar-refractivity contribution < 1.29 is 4.79 Å². The molecule has 2 aromatic carbocycles. The van der Waals surface area contributed by atoms with Crippen LogP contribution < -0.4 is 10.9 Å². The molecule has 0 saturated carbocycles. The molecule has 1 N–H and O–H groups in total. The molecule has 0 bridgehead atoms. The molecule has 0 fully saturated rings. The molecular formula is C18H16ClN3O2. The van der Waals surface area contributed by atoms with Gasteiger partial charge in [-0.3, -0.25) is 14.2 Å². The topological polar surface area (TPSA) is 64.0 Å². The number of hydrogen-bond donors (Lipinski definition) is 1. The number of para-hydroxylation sites is 2. The average molecular weight is 342 g/mol. The quantitative estimate of drug-likeness (QED) is 0.792. The van der Waals surface area contributed by atoms with Gasteiger partial charge in [-0.15, -0.1) is 0 Å². The lowest BCUT2D eigenvalue weighted by Crippen LogP contribution is -2.23. The summed E-state index contributed by atoms with van der Waals surface area (Å²) in [6, 6.07) is 14.2. The molecule has 1 amide bonds. The van der Waals surface area contributed by atoms with Crippen molar-refractivity contribution in [2.45, 2.75) is 12.8 Å². The normalized spacial score (nSPS) is 10.8. The van der Waals surface area contributed by atoms with Crippen molar-refractivity contribution in [3.8, 4) is 0 Å². The molecule has 5 nitrogen and oxygen atoms in total. The molecule has 0 spiro atoms. The lowest BCUT2D eigenvalue weighted by atomic mass is 10.2. The van der Waals surface area contributed by atoms with E-state index in [9.17, 15) is 9.59 Å². The van der Waals surface area contributed by atoms with Gasteiger partial charge >= 0.3 is 0 Å². The van der Waals surface area contributed by atoms with Gasteiger partial charge in [-0.1, -0.05) is 35.9 Å². The molecule has 0 aliphatic heterocycles. The Bertz CT molecular complexity index is 966. The minimum atomic E-state index is -0.175. The van der Waals surface area contributed by atoms with E-state index in [2.05, 4.69) is 10.3 Å². The summed E-state index contributed by atoms with van der Waals surface area (Å²) in [5.41, 5.74) is 1.11. The number of benzene rings is 2. The number of aromatic nitrogens is 2. The van der Waals surface area contributed by atoms with Crippen LogP contribution in [-0.4, -0.2) is 15.5 Å². The van der Waals surface area contributed by atoms with E-state index in [4.69, 9.17) is 11.6 Å². The van der Waals surface area contributed by atoms with Crippen molar-refractivity contribution in [1.29, 1.82) is 0 Å². The third-order valence-electron chi connectivity index (χ3n) is 3.80. The number of fused-ring (bicyclic) bond motifs is 1. The molecule has 0 atom stereocenters. The number of hydrogen-bond acceptors (Lipinski definition) is 3. The fourth-order valence-corrected chi connectivity index (χ4v) is 2.67. The Balaban J connectivity index is 1.76. The summed E-state index contributed by atoms with van der Waals surface area (Å²) in [6.07, 6.45) is 0.580. The zero-order chi connectivity index (χ0) is 17.1. The molecule has 1 aromatic heterocycles. The van der Waals surface area contributed by atoms with Crippen molar-refractivity contribution in [3.63, 3.8) is 0 Å². The Hall–Kier alpha value is -2.66. The number of aryl methyl sites for hydroxylation is 1. The number of rotatable bonds is 4. The molecule has 0 aliphatic carbocycles. The van der Waals surface area contributed by atoms with Gasteiger partial charge in [0.25, 0.3) is 5.56 Å². The van der Waals surface area contributed by atoms with Crippen LogP contribution in [0.15, 0.2) is 53.3 Å². The number of amides is 1. The molecule has 1 heterocycles. The van der Waals surface area contributed by atoms with Crippen LogP contribution in [0.4, 0.5) is 5.69 Å². The van der Waals surface area contributed by atoms with Crippen LogP contribution in [0.5, 0.6) is 0 Å². The fourth-order valence-electron chi connectivity index (χ4n) is 2.49. The van der Waals surface area contributed by atoms with Gasteiger partial charge in [0.15, 0.2) is 0 Å². The van der Waals surface area contributed by atoms with Crippen LogP contribution in [0.1, 0.15) is 12.2 Å². The standard InChI is InChI=1S/C18H16ClN3O2/c1-22-16(20-14-8-4-2-6-12(14)18(22)24)10-11-17(23)21-15-9-5-3-7-13(15)19/h2-9H,10-11H2,1H3,(H,21,23). The van der Waals surface area contributed by atoms with E-state index in [1.165, 1.54) is 4.57 Å². The van der Waals surface area contributed by atoms with E-state index in [-0.39, 0.29) is 17.9 Å². The van der Waals surface area contributed by atoms with Crippen molar-refractivity contribution >= 4 is 34.1 Å². The van der Waals surface area contributed by atoms with Crippen LogP contribution in [0.2, 0.25) is 5.02 Å². The van der Waals surface area contributed by atoms with Gasteiger partial charge in [-0.25, -0.2) is 4.98 Å². The molecule has 6 heteroatoms. The highest BCUT2D eigenvalue weighted by Gasteiger charge is 2.11. The van der Waals surface area contributed by atoms with Gasteiger partial charge in [0.05, 0.1) is 21.6 Å². The summed E-state index contributed by atoms with van der Waals surface area (Å²) in [7, 11) is 1.67. The molecule has 122 valence electrons. The van der Waals surface area contributed by atoms with Crippen molar-refractivity contribution in [3.05, 3.63) is 69.7 Å². The van der Waals surface area contributed by atoms with Crippen LogP contribution in [-0.2, 0) is 18.3 Å². The van der Waals surface area contributed by atoms with E-state index in [1.807, 2.05) is 12.1 Å². The average Bonchev–Trinajstić information content (AvgIpc) is 2.59. The van der Waals surface area contributed by atoms with Crippen LogP contribution in [0, 0.1) is 0 Å². The van der Waals surface area contributed by atoms with Crippen LogP contribution in [0.25, 0.3) is 10.9 Å². The minimum Gasteiger partial charge on any atom is -0.325 e. The van der Waals surface area contributed by atoms with E-state index < -0.39 is 0 Å². The van der Waals surface area contributed by atoms with Crippen molar-refractivity contribution in [2.24, 2.45) is 7.05 Å². The smallest absolute Gasteiger partial charge is 0.261 e. The number of nitrogens with one attached hydrogen (secondary N) is 1. The maximum absolute atomic E-state index is 12.3. The van der Waals surface area contributed by atoms with E-state index in [1.54, 1.807) is 43.4 Å². The van der Waals surface area contributed by atoms with Gasteiger partial charge in [-0.2, -0.15) is 0 Å². The molecule has 3 rings (SSSR count). The van der Waals surface area contributed by atoms with E-state index in [0.717, 1.165) is 0 Å². The molecule has 0 radical (unpaired) electrons. The highest BCUT2D eigenvalue weighted by atomic mass is 35.5. The van der Waals surface area contributed by atoms with E-state index >= 15 is 0 Å². The fraction of sp³-hybridized carbons (Fsp3) is 0.167. The number of anilines is 1. The highest BCUT2D eigenvalue weighted by molar-refractivity contribution is 6.33. The monoisotopic (exact) mass is 341 g/mol. The van der Waals surface area contributed by atoms with E-state index in [0.29, 0.717) is 33.9 Å². The van der Waals surface area contributed by atoms with Gasteiger partial charge in [0, 0.05) is 19.9 Å². The summed E-state index contributed by atoms with van der Waals surface area (Å²) in [4.78, 5) is 28.9. The summed E-state index contributed by atoms with van der Waals surface area (Å²) in [5, 5.41) is 3.83. The zero-order valence-corrected chi connectivity index (χ0v) is 13.9. The first-order valence-corrected chi connectivity index (χ1v) is 7.93. The highest BCUT2D eigenvalue weighted by Crippen LogP contribution is 2.20. The first-order valence-electron chi connectivity index (χ1n) is 7.55. The Morgan fingerprint density at radius 3 is 2.67 bits per heavy atom. The van der Waals surface area contributed by atoms with Gasteiger partial charge < -0.3 is 5.32 Å². The predicted octanol–water partition coefficient (Wildman–Crippen LogP) is 3.16. The summed E-state index contributed by atoms with van der Waals surface area (Å²) in [5.74, 6) is 0.401. The number of nitrogens with zero attached hydrogens (tertiary/aromatic N) is 2. The van der Waals surface area contributed by atoms with Crippen molar-refractivity contribution in [2.75, 3.05) is 5.32 Å². The molecule has 24 heavy (non-hydrogen) atoms. The van der Waals surface area contributed by atoms with Gasteiger partial charge in [-0.05, 0) is 24.3 Å². The van der Waals surface area contributed by atoms with Crippen molar-refractivity contribution in [1.82, 2.24) is 9.55 Å². The Kier molecular flexibility index (Phi) is 4.62. The maximum Gasteiger partial charge on any atom is 0.261 e. The SMILES string of the molecule is Cn1c(CCC(=O)Nc2ccccc2Cl)nc2ccccc2c1=O. The number of carbonyl (C=O) groups is 1. The molecule has 0 saturated heterocycles. The Morgan fingerprint density at radius 1 is 1.17 bits per heavy atom. The maximum atomic E-state index is 12.3. The third kappa shape index (κ3) is 3.31. The summed E-state index contributed by atoms with van der Waals surface area (Å²) >= 11 is 6.02. The molecule has 0 unspecified atom stereocenters. The summed E-state index contributed by atoms with van der Waals surface area (Å²) in [6.45, 7) is 0. The van der Waals surface area contributed by atoms with Gasteiger partial charge in [0.1, 0.15) is 5.82 Å². The lowest BCUT2D eigenvalue weighted by Gasteiger charge is -2.10. The lowest BCUT2D eigenvalue weighted by molar-refractivity contribution is -0.116. The zero-order valence-electron chi connectivity index (χ0n) is 13.1. The van der Waals surface area contributed by atoms with Crippen LogP contribution >= 0.6 is 11.6 Å². The Labute approximate surface area is 143 Å². The predicted molar refractivity (Wildman–Crippen MR) is 95.4 cm³/mol. The number of halogens is 1. The second-order valence-electron chi connectivity index (χ2n) is 5.44.